The van der Waals surface area contributed by atoms with Crippen molar-refractivity contribution in [2.24, 2.45) is 7.05 Å². The molecule has 0 saturated heterocycles. The maximum Gasteiger partial charge on any atom is 0.0739 e. The number of aromatic nitrogens is 2. The average Bonchev–Trinajstić information content (AvgIpc) is 2.49. The second-order valence-corrected chi connectivity index (χ2v) is 4.48. The van der Waals surface area contributed by atoms with Crippen LogP contribution >= 0.6 is 15.9 Å². The van der Waals surface area contributed by atoms with Crippen LogP contribution in [0, 0.1) is 6.92 Å². The fourth-order valence-corrected chi connectivity index (χ4v) is 1.97. The summed E-state index contributed by atoms with van der Waals surface area (Å²) in [5.74, 6) is 0. The zero-order valence-corrected chi connectivity index (χ0v) is 11.4. The van der Waals surface area contributed by atoms with Crippen molar-refractivity contribution in [3.05, 3.63) is 15.9 Å². The predicted octanol–water partition coefficient (Wildman–Crippen LogP) is 0.588. The van der Waals surface area contributed by atoms with Crippen molar-refractivity contribution in [2.45, 2.75) is 19.5 Å². The van der Waals surface area contributed by atoms with Crippen molar-refractivity contribution < 1.29 is 9.84 Å². The minimum absolute atomic E-state index is 0.0490. The van der Waals surface area contributed by atoms with Crippen LogP contribution in [0.15, 0.2) is 4.47 Å². The fraction of sp³-hybridized carbons (Fsp3) is 0.700. The number of rotatable bonds is 6. The monoisotopic (exact) mass is 291 g/mol. The van der Waals surface area contributed by atoms with E-state index in [-0.39, 0.29) is 12.6 Å². The Morgan fingerprint density at radius 1 is 1.62 bits per heavy atom. The summed E-state index contributed by atoms with van der Waals surface area (Å²) in [6, 6.07) is -0.0490. The quantitative estimate of drug-likeness (QED) is 0.805. The van der Waals surface area contributed by atoms with Crippen molar-refractivity contribution in [1.82, 2.24) is 15.1 Å². The number of aliphatic hydroxyl groups is 1. The molecule has 92 valence electrons. The van der Waals surface area contributed by atoms with Crippen molar-refractivity contribution in [3.63, 3.8) is 0 Å². The molecule has 1 heterocycles. The molecule has 5 nitrogen and oxygen atoms in total. The molecule has 16 heavy (non-hydrogen) atoms. The molecule has 6 heteroatoms. The molecule has 1 aromatic rings. The maximum absolute atomic E-state index is 9.10. The minimum Gasteiger partial charge on any atom is -0.395 e. The summed E-state index contributed by atoms with van der Waals surface area (Å²) in [7, 11) is 3.52. The molecule has 0 aliphatic rings. The molecule has 1 unspecified atom stereocenters. The molecule has 0 fully saturated rings. The molecule has 0 amide bonds. The molecule has 2 N–H and O–H groups in total. The van der Waals surface area contributed by atoms with Gasteiger partial charge < -0.3 is 15.2 Å². The topological polar surface area (TPSA) is 59.3 Å². The Balaban J connectivity index is 2.59. The third-order valence-electron chi connectivity index (χ3n) is 2.41. The van der Waals surface area contributed by atoms with Gasteiger partial charge in [0.2, 0.25) is 0 Å². The first-order valence-corrected chi connectivity index (χ1v) is 5.90. The standard InChI is InChI=1S/C10H18BrN3O2/c1-7-10(11)9(14(2)13-7)4-12-8(5-15)6-16-3/h8,12,15H,4-6H2,1-3H3. The Morgan fingerprint density at radius 3 is 2.75 bits per heavy atom. The van der Waals surface area contributed by atoms with Crippen LogP contribution in [0.5, 0.6) is 0 Å². The third kappa shape index (κ3) is 3.28. The lowest BCUT2D eigenvalue weighted by molar-refractivity contribution is 0.127. The molecule has 0 aliphatic carbocycles. The molecule has 0 spiro atoms. The van der Waals surface area contributed by atoms with E-state index in [4.69, 9.17) is 9.84 Å². The SMILES string of the molecule is COCC(CO)NCc1c(Br)c(C)nn1C. The Bertz CT molecular complexity index is 341. The highest BCUT2D eigenvalue weighted by Crippen LogP contribution is 2.19. The van der Waals surface area contributed by atoms with Gasteiger partial charge in [-0.25, -0.2) is 0 Å². The normalized spacial score (nSPS) is 13.1. The molecule has 0 saturated carbocycles. The minimum atomic E-state index is -0.0490. The van der Waals surface area contributed by atoms with Crippen LogP contribution < -0.4 is 5.32 Å². The number of aryl methyl sites for hydroxylation is 2. The van der Waals surface area contributed by atoms with Gasteiger partial charge in [-0.1, -0.05) is 0 Å². The second-order valence-electron chi connectivity index (χ2n) is 3.69. The van der Waals surface area contributed by atoms with E-state index in [1.165, 1.54) is 0 Å². The van der Waals surface area contributed by atoms with E-state index in [0.717, 1.165) is 15.9 Å². The summed E-state index contributed by atoms with van der Waals surface area (Å²) >= 11 is 3.49. The van der Waals surface area contributed by atoms with Gasteiger partial charge in [-0.3, -0.25) is 4.68 Å². The van der Waals surface area contributed by atoms with Crippen molar-refractivity contribution in [2.75, 3.05) is 20.3 Å². The zero-order valence-electron chi connectivity index (χ0n) is 9.83. The van der Waals surface area contributed by atoms with E-state index >= 15 is 0 Å². The molecule has 1 atom stereocenters. The number of methoxy groups -OCH3 is 1. The molecule has 0 aromatic carbocycles. The maximum atomic E-state index is 9.10. The van der Waals surface area contributed by atoms with E-state index in [9.17, 15) is 0 Å². The molecular formula is C10H18BrN3O2. The molecule has 1 aromatic heterocycles. The van der Waals surface area contributed by atoms with Crippen LogP contribution in [0.3, 0.4) is 0 Å². The highest BCUT2D eigenvalue weighted by atomic mass is 79.9. The lowest BCUT2D eigenvalue weighted by Crippen LogP contribution is -2.36. The Kier molecular flexibility index (Phi) is 5.40. The summed E-state index contributed by atoms with van der Waals surface area (Å²) in [6.07, 6.45) is 0. The van der Waals surface area contributed by atoms with Crippen LogP contribution in [-0.2, 0) is 18.3 Å². The lowest BCUT2D eigenvalue weighted by atomic mass is 10.3. The van der Waals surface area contributed by atoms with Gasteiger partial charge in [-0.05, 0) is 22.9 Å². The van der Waals surface area contributed by atoms with Crippen molar-refractivity contribution >= 4 is 15.9 Å². The Labute approximate surface area is 104 Å². The van der Waals surface area contributed by atoms with Gasteiger partial charge in [0.05, 0.1) is 35.1 Å². The van der Waals surface area contributed by atoms with Crippen LogP contribution in [0.4, 0.5) is 0 Å². The van der Waals surface area contributed by atoms with Gasteiger partial charge >= 0.3 is 0 Å². The molecule has 0 aliphatic heterocycles. The van der Waals surface area contributed by atoms with Gasteiger partial charge in [0.15, 0.2) is 0 Å². The highest BCUT2D eigenvalue weighted by Gasteiger charge is 2.12. The summed E-state index contributed by atoms with van der Waals surface area (Å²) < 4.78 is 7.83. The molecular weight excluding hydrogens is 274 g/mol. The van der Waals surface area contributed by atoms with Gasteiger partial charge in [0.25, 0.3) is 0 Å². The summed E-state index contributed by atoms with van der Waals surface area (Å²) in [6.45, 7) is 3.14. The van der Waals surface area contributed by atoms with E-state index in [0.29, 0.717) is 13.2 Å². The Morgan fingerprint density at radius 2 is 2.31 bits per heavy atom. The molecule has 0 radical (unpaired) electrons. The van der Waals surface area contributed by atoms with E-state index in [2.05, 4.69) is 26.3 Å². The largest absolute Gasteiger partial charge is 0.395 e. The van der Waals surface area contributed by atoms with Crippen LogP contribution in [0.2, 0.25) is 0 Å². The number of halogens is 1. The first-order chi connectivity index (χ1) is 7.60. The highest BCUT2D eigenvalue weighted by molar-refractivity contribution is 9.10. The summed E-state index contributed by atoms with van der Waals surface area (Å²) in [4.78, 5) is 0. The van der Waals surface area contributed by atoms with E-state index in [1.54, 1.807) is 7.11 Å². The second kappa shape index (κ2) is 6.34. The number of aliphatic hydroxyl groups excluding tert-OH is 1. The number of nitrogens with one attached hydrogen (secondary N) is 1. The smallest absolute Gasteiger partial charge is 0.0739 e. The third-order valence-corrected chi connectivity index (χ3v) is 3.44. The molecule has 1 rings (SSSR count). The zero-order chi connectivity index (χ0) is 12.1. The molecule has 0 bridgehead atoms. The van der Waals surface area contributed by atoms with E-state index in [1.807, 2.05) is 18.7 Å². The van der Waals surface area contributed by atoms with Crippen LogP contribution in [0.25, 0.3) is 0 Å². The van der Waals surface area contributed by atoms with Gasteiger partial charge in [-0.2, -0.15) is 5.10 Å². The number of ether oxygens (including phenoxy) is 1. The van der Waals surface area contributed by atoms with Gasteiger partial charge in [0.1, 0.15) is 0 Å². The van der Waals surface area contributed by atoms with Crippen molar-refractivity contribution in [1.29, 1.82) is 0 Å². The number of nitrogens with zero attached hydrogens (tertiary/aromatic N) is 2. The first-order valence-electron chi connectivity index (χ1n) is 5.11. The lowest BCUT2D eigenvalue weighted by Gasteiger charge is -2.15. The van der Waals surface area contributed by atoms with E-state index < -0.39 is 0 Å². The van der Waals surface area contributed by atoms with Crippen molar-refractivity contribution in [3.8, 4) is 0 Å². The first kappa shape index (κ1) is 13.6. The Hall–Kier alpha value is -0.430. The fourth-order valence-electron chi connectivity index (χ4n) is 1.49. The van der Waals surface area contributed by atoms with Gasteiger partial charge in [0, 0.05) is 20.7 Å². The van der Waals surface area contributed by atoms with Crippen LogP contribution in [0.1, 0.15) is 11.4 Å². The average molecular weight is 292 g/mol. The predicted molar refractivity (Wildman–Crippen MR) is 65.2 cm³/mol. The van der Waals surface area contributed by atoms with Gasteiger partial charge in [-0.15, -0.1) is 0 Å². The summed E-state index contributed by atoms with van der Waals surface area (Å²) in [5.41, 5.74) is 2.03. The van der Waals surface area contributed by atoms with Crippen LogP contribution in [-0.4, -0.2) is 41.3 Å². The number of hydrogen-bond donors (Lipinski definition) is 2. The number of hydrogen-bond acceptors (Lipinski definition) is 4. The summed E-state index contributed by atoms with van der Waals surface area (Å²) in [5, 5.41) is 16.6.